The van der Waals surface area contributed by atoms with Gasteiger partial charge in [0.1, 0.15) is 6.10 Å². The van der Waals surface area contributed by atoms with E-state index in [-0.39, 0.29) is 11.8 Å². The number of nitro groups is 1. The molecule has 0 unspecified atom stereocenters. The van der Waals surface area contributed by atoms with Gasteiger partial charge in [0.25, 0.3) is 0 Å². The van der Waals surface area contributed by atoms with Crippen LogP contribution in [-0.2, 0) is 11.3 Å². The maximum Gasteiger partial charge on any atom is 0.311 e. The monoisotopic (exact) mass is 262 g/mol. The summed E-state index contributed by atoms with van der Waals surface area (Å²) in [5, 5.41) is 11.1. The normalized spacial score (nSPS) is 18.3. The van der Waals surface area contributed by atoms with E-state index in [9.17, 15) is 10.1 Å². The summed E-state index contributed by atoms with van der Waals surface area (Å²) in [6.07, 6.45) is 3.20. The fourth-order valence-corrected chi connectivity index (χ4v) is 2.34. The minimum Gasteiger partial charge on any atom is -0.483 e. The van der Waals surface area contributed by atoms with E-state index in [1.165, 1.54) is 0 Å². The van der Waals surface area contributed by atoms with Crippen LogP contribution in [0.3, 0.4) is 0 Å². The van der Waals surface area contributed by atoms with Crippen LogP contribution in [0.25, 0.3) is 0 Å². The van der Waals surface area contributed by atoms with Gasteiger partial charge in [0, 0.05) is 30.7 Å². The summed E-state index contributed by atoms with van der Waals surface area (Å²) >= 11 is 0. The summed E-state index contributed by atoms with van der Waals surface area (Å²) in [7, 11) is 0. The number of benzene rings is 1. The average Bonchev–Trinajstić information content (AvgIpc) is 2.86. The van der Waals surface area contributed by atoms with Crippen molar-refractivity contribution in [3.63, 3.8) is 0 Å². The predicted octanol–water partition coefficient (Wildman–Crippen LogP) is 2.09. The smallest absolute Gasteiger partial charge is 0.311 e. The molecule has 3 rings (SSSR count). The van der Waals surface area contributed by atoms with Gasteiger partial charge >= 0.3 is 5.69 Å². The average molecular weight is 262 g/mol. The Kier molecular flexibility index (Phi) is 3.16. The number of hydrogen-bond donors (Lipinski definition) is 0. The van der Waals surface area contributed by atoms with E-state index in [4.69, 9.17) is 9.47 Å². The number of hydrogen-bond acceptors (Lipinski definition) is 5. The number of rotatable bonds is 3. The molecule has 0 amide bonds. The molecule has 1 fully saturated rings. The van der Waals surface area contributed by atoms with Crippen LogP contribution in [0.15, 0.2) is 17.1 Å². The minimum atomic E-state index is -0.402. The van der Waals surface area contributed by atoms with E-state index in [1.807, 2.05) is 0 Å². The molecule has 19 heavy (non-hydrogen) atoms. The van der Waals surface area contributed by atoms with Crippen LogP contribution in [0.4, 0.5) is 5.69 Å². The maximum atomic E-state index is 11.1. The van der Waals surface area contributed by atoms with Crippen molar-refractivity contribution in [2.75, 3.05) is 13.2 Å². The highest BCUT2D eigenvalue weighted by Crippen LogP contribution is 2.33. The molecule has 2 aliphatic heterocycles. The lowest BCUT2D eigenvalue weighted by Gasteiger charge is -2.23. The summed E-state index contributed by atoms with van der Waals surface area (Å²) in [6, 6.07) is 3.29. The third-order valence-corrected chi connectivity index (χ3v) is 3.37. The lowest BCUT2D eigenvalue weighted by molar-refractivity contribution is -0.386. The molecular formula is C13H14N2O4. The van der Waals surface area contributed by atoms with Gasteiger partial charge < -0.3 is 9.47 Å². The van der Waals surface area contributed by atoms with Crippen molar-refractivity contribution < 1.29 is 14.4 Å². The van der Waals surface area contributed by atoms with Crippen LogP contribution in [0.5, 0.6) is 5.75 Å². The molecule has 0 atom stereocenters. The van der Waals surface area contributed by atoms with Crippen LogP contribution in [-0.4, -0.2) is 30.5 Å². The van der Waals surface area contributed by atoms with Crippen molar-refractivity contribution in [1.82, 2.24) is 0 Å². The summed E-state index contributed by atoms with van der Waals surface area (Å²) in [5.74, 6) is 0.348. The summed E-state index contributed by atoms with van der Waals surface area (Å²) in [5.41, 5.74) is 1.80. The van der Waals surface area contributed by atoms with Gasteiger partial charge in [0.15, 0.2) is 5.75 Å². The number of ether oxygens (including phenoxy) is 2. The lowest BCUT2D eigenvalue weighted by Crippen LogP contribution is -2.26. The largest absolute Gasteiger partial charge is 0.483 e. The van der Waals surface area contributed by atoms with E-state index in [0.29, 0.717) is 25.5 Å². The predicted molar refractivity (Wildman–Crippen MR) is 68.9 cm³/mol. The quantitative estimate of drug-likeness (QED) is 0.617. The van der Waals surface area contributed by atoms with Crippen LogP contribution in [0.2, 0.25) is 0 Å². The summed E-state index contributed by atoms with van der Waals surface area (Å²) in [6.45, 7) is 1.86. The molecule has 2 heterocycles. The standard InChI is InChI=1S/C13H14N2O4/c16-15(17)12-5-9-7-14-8-10(9)6-13(12)19-11-1-3-18-4-2-11/h5-7,11H,1-4,8H2. The molecule has 1 aromatic rings. The lowest BCUT2D eigenvalue weighted by atomic mass is 10.1. The summed E-state index contributed by atoms with van der Waals surface area (Å²) < 4.78 is 11.1. The van der Waals surface area contributed by atoms with Gasteiger partial charge in [-0.3, -0.25) is 15.1 Å². The molecule has 0 N–H and O–H groups in total. The third kappa shape index (κ3) is 2.44. The zero-order chi connectivity index (χ0) is 13.2. The van der Waals surface area contributed by atoms with E-state index in [0.717, 1.165) is 24.0 Å². The molecular weight excluding hydrogens is 248 g/mol. The Morgan fingerprint density at radius 3 is 2.89 bits per heavy atom. The molecule has 0 bridgehead atoms. The van der Waals surface area contributed by atoms with Crippen LogP contribution in [0.1, 0.15) is 24.0 Å². The zero-order valence-electron chi connectivity index (χ0n) is 10.4. The van der Waals surface area contributed by atoms with Gasteiger partial charge in [-0.1, -0.05) is 0 Å². The van der Waals surface area contributed by atoms with Gasteiger partial charge in [-0.05, 0) is 11.6 Å². The zero-order valence-corrected chi connectivity index (χ0v) is 10.4. The number of fused-ring (bicyclic) bond motifs is 1. The Balaban J connectivity index is 1.89. The Morgan fingerprint density at radius 2 is 2.16 bits per heavy atom. The first-order valence-electron chi connectivity index (χ1n) is 6.29. The van der Waals surface area contributed by atoms with E-state index < -0.39 is 4.92 Å². The van der Waals surface area contributed by atoms with Crippen molar-refractivity contribution >= 4 is 11.9 Å². The van der Waals surface area contributed by atoms with Gasteiger partial charge in [0.05, 0.1) is 24.7 Å². The second kappa shape index (κ2) is 4.97. The molecule has 1 aromatic carbocycles. The Morgan fingerprint density at radius 1 is 1.37 bits per heavy atom. The highest BCUT2D eigenvalue weighted by molar-refractivity contribution is 5.86. The Bertz CT molecular complexity index is 536. The topological polar surface area (TPSA) is 74.0 Å². The van der Waals surface area contributed by atoms with Crippen molar-refractivity contribution in [2.45, 2.75) is 25.5 Å². The molecule has 0 aliphatic carbocycles. The number of nitro benzene ring substituents is 1. The number of nitrogens with zero attached hydrogens (tertiary/aromatic N) is 2. The summed E-state index contributed by atoms with van der Waals surface area (Å²) in [4.78, 5) is 14.8. The fourth-order valence-electron chi connectivity index (χ4n) is 2.34. The van der Waals surface area contributed by atoms with Gasteiger partial charge in [-0.15, -0.1) is 0 Å². The van der Waals surface area contributed by atoms with Crippen molar-refractivity contribution in [1.29, 1.82) is 0 Å². The van der Waals surface area contributed by atoms with Crippen LogP contribution in [0, 0.1) is 10.1 Å². The van der Waals surface area contributed by atoms with Crippen LogP contribution >= 0.6 is 0 Å². The second-order valence-corrected chi connectivity index (χ2v) is 4.68. The highest BCUT2D eigenvalue weighted by Gasteiger charge is 2.24. The molecule has 0 spiro atoms. The fraction of sp³-hybridized carbons (Fsp3) is 0.462. The van der Waals surface area contributed by atoms with Crippen molar-refractivity contribution in [3.05, 3.63) is 33.4 Å². The Labute approximate surface area is 110 Å². The van der Waals surface area contributed by atoms with Gasteiger partial charge in [0.2, 0.25) is 0 Å². The first kappa shape index (κ1) is 12.1. The third-order valence-electron chi connectivity index (χ3n) is 3.37. The first-order chi connectivity index (χ1) is 9.24. The highest BCUT2D eigenvalue weighted by atomic mass is 16.6. The van der Waals surface area contributed by atoms with Gasteiger partial charge in [-0.2, -0.15) is 0 Å². The van der Waals surface area contributed by atoms with E-state index in [2.05, 4.69) is 4.99 Å². The van der Waals surface area contributed by atoms with E-state index in [1.54, 1.807) is 18.3 Å². The SMILES string of the molecule is O=[N+]([O-])c1cc2c(cc1OC1CCOCC1)CN=C2. The second-order valence-electron chi connectivity index (χ2n) is 4.68. The first-order valence-corrected chi connectivity index (χ1v) is 6.29. The molecule has 0 aromatic heterocycles. The van der Waals surface area contributed by atoms with Crippen molar-refractivity contribution in [2.24, 2.45) is 4.99 Å². The Hall–Kier alpha value is -1.95. The maximum absolute atomic E-state index is 11.1. The van der Waals surface area contributed by atoms with Crippen molar-refractivity contribution in [3.8, 4) is 5.75 Å². The molecule has 1 saturated heterocycles. The molecule has 0 radical (unpaired) electrons. The minimum absolute atomic E-state index is 0.00665. The van der Waals surface area contributed by atoms with Crippen LogP contribution < -0.4 is 4.74 Å². The molecule has 2 aliphatic rings. The van der Waals surface area contributed by atoms with Gasteiger partial charge in [-0.25, -0.2) is 0 Å². The number of aliphatic imine (C=N–C) groups is 1. The molecule has 100 valence electrons. The molecule has 6 nitrogen and oxygen atoms in total. The molecule has 6 heteroatoms. The van der Waals surface area contributed by atoms with E-state index >= 15 is 0 Å². The molecule has 0 saturated carbocycles.